The molecule has 154 valence electrons. The maximum Gasteiger partial charge on any atom is 0.432 e. The minimum Gasteiger partial charge on any atom is -0.507 e. The third-order valence-corrected chi connectivity index (χ3v) is 6.17. The largest absolute Gasteiger partial charge is 0.507 e. The molecule has 2 aromatic rings. The zero-order valence-electron chi connectivity index (χ0n) is 16.9. The van der Waals surface area contributed by atoms with Crippen LogP contribution in [0.2, 0.25) is 0 Å². The minimum atomic E-state index is -1.13. The van der Waals surface area contributed by atoms with Gasteiger partial charge in [-0.1, -0.05) is 30.3 Å². The molecule has 0 saturated heterocycles. The maximum absolute atomic E-state index is 12.1. The van der Waals surface area contributed by atoms with Gasteiger partial charge in [0, 0.05) is 17.5 Å². The first-order valence-corrected chi connectivity index (χ1v) is 10.1. The van der Waals surface area contributed by atoms with Crippen LogP contribution in [0.4, 0.5) is 4.79 Å². The van der Waals surface area contributed by atoms with Gasteiger partial charge < -0.3 is 14.9 Å². The molecule has 2 aromatic carbocycles. The molecular formula is C23H27NO5. The SMILES string of the molecule is Cc1cc2c(c(C)c1O)C(N(OCCc1ccccc1)C(=O)O)CC1(CCC1)O2. The van der Waals surface area contributed by atoms with Crippen molar-refractivity contribution in [3.8, 4) is 11.5 Å². The van der Waals surface area contributed by atoms with Gasteiger partial charge in [0.05, 0.1) is 12.6 Å². The molecule has 1 fully saturated rings. The average Bonchev–Trinajstić information content (AvgIpc) is 2.68. The second-order valence-corrected chi connectivity index (χ2v) is 8.11. The topological polar surface area (TPSA) is 79.2 Å². The lowest BCUT2D eigenvalue weighted by Crippen LogP contribution is -2.51. The number of ether oxygens (including phenoxy) is 1. The number of hydrogen-bond acceptors (Lipinski definition) is 4. The number of rotatable bonds is 5. The summed E-state index contributed by atoms with van der Waals surface area (Å²) in [6.07, 6.45) is 2.88. The quantitative estimate of drug-likeness (QED) is 0.701. The Kier molecular flexibility index (Phi) is 5.13. The molecule has 1 amide bonds. The van der Waals surface area contributed by atoms with E-state index in [4.69, 9.17) is 9.57 Å². The van der Waals surface area contributed by atoms with Crippen molar-refractivity contribution in [3.63, 3.8) is 0 Å². The monoisotopic (exact) mass is 397 g/mol. The molecule has 1 spiro atoms. The van der Waals surface area contributed by atoms with Crippen LogP contribution >= 0.6 is 0 Å². The van der Waals surface area contributed by atoms with Gasteiger partial charge in [-0.2, -0.15) is 5.06 Å². The van der Waals surface area contributed by atoms with Crippen LogP contribution in [0.5, 0.6) is 11.5 Å². The van der Waals surface area contributed by atoms with Crippen molar-refractivity contribution in [1.82, 2.24) is 5.06 Å². The molecule has 0 aromatic heterocycles. The van der Waals surface area contributed by atoms with Gasteiger partial charge in [0.15, 0.2) is 0 Å². The highest BCUT2D eigenvalue weighted by atomic mass is 16.7. The lowest BCUT2D eigenvalue weighted by Gasteiger charge is -2.49. The Bertz CT molecular complexity index is 907. The number of aryl methyl sites for hydroxylation is 1. The van der Waals surface area contributed by atoms with Crippen molar-refractivity contribution in [3.05, 3.63) is 58.7 Å². The third kappa shape index (κ3) is 3.65. The molecule has 1 atom stereocenters. The number of nitrogens with zero attached hydrogens (tertiary/aromatic N) is 1. The molecule has 1 aliphatic heterocycles. The van der Waals surface area contributed by atoms with Crippen LogP contribution in [0.25, 0.3) is 0 Å². The van der Waals surface area contributed by atoms with Crippen molar-refractivity contribution < 1.29 is 24.6 Å². The fourth-order valence-electron chi connectivity index (χ4n) is 4.44. The molecule has 4 rings (SSSR count). The van der Waals surface area contributed by atoms with Gasteiger partial charge >= 0.3 is 6.09 Å². The van der Waals surface area contributed by atoms with E-state index in [1.165, 1.54) is 0 Å². The molecule has 0 bridgehead atoms. The standard InChI is InChI=1S/C23H27NO5/c1-15-13-19-20(16(2)21(15)25)18(14-23(29-19)10-6-11-23)24(22(26)27)28-12-9-17-7-4-3-5-8-17/h3-5,7-8,13,18,25H,6,9-12,14H2,1-2H3,(H,26,27). The van der Waals surface area contributed by atoms with Gasteiger partial charge in [0.25, 0.3) is 0 Å². The summed E-state index contributed by atoms with van der Waals surface area (Å²) < 4.78 is 6.32. The number of carboxylic acid groups (broad SMARTS) is 1. The van der Waals surface area contributed by atoms with Crippen LogP contribution < -0.4 is 4.74 Å². The van der Waals surface area contributed by atoms with Gasteiger partial charge in [0.1, 0.15) is 17.1 Å². The van der Waals surface area contributed by atoms with Crippen molar-refractivity contribution >= 4 is 6.09 Å². The molecule has 1 aliphatic carbocycles. The number of fused-ring (bicyclic) bond motifs is 1. The molecule has 29 heavy (non-hydrogen) atoms. The molecule has 6 nitrogen and oxygen atoms in total. The van der Waals surface area contributed by atoms with E-state index in [0.29, 0.717) is 29.7 Å². The summed E-state index contributed by atoms with van der Waals surface area (Å²) >= 11 is 0. The highest BCUT2D eigenvalue weighted by molar-refractivity contribution is 5.66. The third-order valence-electron chi connectivity index (χ3n) is 6.17. The van der Waals surface area contributed by atoms with E-state index >= 15 is 0 Å². The van der Waals surface area contributed by atoms with Crippen LogP contribution in [-0.2, 0) is 11.3 Å². The predicted molar refractivity (Wildman–Crippen MR) is 108 cm³/mol. The number of benzene rings is 2. The highest BCUT2D eigenvalue weighted by Gasteiger charge is 2.49. The van der Waals surface area contributed by atoms with Gasteiger partial charge in [0.2, 0.25) is 0 Å². The number of hydroxylamine groups is 2. The van der Waals surface area contributed by atoms with E-state index in [9.17, 15) is 15.0 Å². The summed E-state index contributed by atoms with van der Waals surface area (Å²) in [5.74, 6) is 0.836. The van der Waals surface area contributed by atoms with Crippen molar-refractivity contribution in [2.45, 2.75) is 57.6 Å². The van der Waals surface area contributed by atoms with Crippen molar-refractivity contribution in [2.75, 3.05) is 6.61 Å². The van der Waals surface area contributed by atoms with Crippen LogP contribution in [-0.4, -0.2) is 33.6 Å². The Hall–Kier alpha value is -2.73. The van der Waals surface area contributed by atoms with Gasteiger partial charge in [-0.15, -0.1) is 0 Å². The lowest BCUT2D eigenvalue weighted by molar-refractivity contribution is -0.180. The molecule has 1 heterocycles. The number of carbonyl (C=O) groups is 1. The van der Waals surface area contributed by atoms with Crippen LogP contribution in [0.1, 0.15) is 54.0 Å². The predicted octanol–water partition coefficient (Wildman–Crippen LogP) is 4.91. The smallest absolute Gasteiger partial charge is 0.432 e. The van der Waals surface area contributed by atoms with E-state index in [1.807, 2.05) is 43.3 Å². The Morgan fingerprint density at radius 3 is 2.62 bits per heavy atom. The van der Waals surface area contributed by atoms with Crippen molar-refractivity contribution in [1.29, 1.82) is 0 Å². The summed E-state index contributed by atoms with van der Waals surface area (Å²) in [7, 11) is 0. The number of phenols is 1. The molecule has 1 unspecified atom stereocenters. The second kappa shape index (κ2) is 7.59. The Balaban J connectivity index is 1.63. The molecule has 2 N–H and O–H groups in total. The molecule has 1 saturated carbocycles. The molecule has 2 aliphatic rings. The summed E-state index contributed by atoms with van der Waals surface area (Å²) in [5, 5.41) is 21.4. The first kappa shape index (κ1) is 19.6. The number of hydrogen-bond donors (Lipinski definition) is 2. The summed E-state index contributed by atoms with van der Waals surface area (Å²) in [6.45, 7) is 3.89. The second-order valence-electron chi connectivity index (χ2n) is 8.11. The molecule has 6 heteroatoms. The number of aromatic hydroxyl groups is 1. The van der Waals surface area contributed by atoms with Crippen LogP contribution in [0, 0.1) is 13.8 Å². The zero-order chi connectivity index (χ0) is 20.6. The Morgan fingerprint density at radius 1 is 1.28 bits per heavy atom. The van der Waals surface area contributed by atoms with Gasteiger partial charge in [-0.25, -0.2) is 4.79 Å². The van der Waals surface area contributed by atoms with Gasteiger partial charge in [-0.3, -0.25) is 4.84 Å². The zero-order valence-corrected chi connectivity index (χ0v) is 16.9. The average molecular weight is 397 g/mol. The normalized spacial score (nSPS) is 19.2. The fraction of sp³-hybridized carbons (Fsp3) is 0.435. The summed E-state index contributed by atoms with van der Waals surface area (Å²) in [6, 6.07) is 11.1. The molecular weight excluding hydrogens is 370 g/mol. The van der Waals surface area contributed by atoms with E-state index in [2.05, 4.69) is 0 Å². The van der Waals surface area contributed by atoms with Crippen molar-refractivity contribution in [2.24, 2.45) is 0 Å². The first-order valence-electron chi connectivity index (χ1n) is 10.1. The summed E-state index contributed by atoms with van der Waals surface area (Å²) in [4.78, 5) is 17.9. The van der Waals surface area contributed by atoms with Crippen LogP contribution in [0.15, 0.2) is 36.4 Å². The fourth-order valence-corrected chi connectivity index (χ4v) is 4.44. The Labute approximate surface area is 170 Å². The number of amides is 1. The van der Waals surface area contributed by atoms with Crippen LogP contribution in [0.3, 0.4) is 0 Å². The Morgan fingerprint density at radius 2 is 2.00 bits per heavy atom. The molecule has 0 radical (unpaired) electrons. The van der Waals surface area contributed by atoms with E-state index in [-0.39, 0.29) is 18.0 Å². The summed E-state index contributed by atoms with van der Waals surface area (Å²) in [5.41, 5.74) is 2.82. The highest BCUT2D eigenvalue weighted by Crippen LogP contribution is 2.53. The van der Waals surface area contributed by atoms with Gasteiger partial charge in [-0.05, 0) is 56.7 Å². The lowest BCUT2D eigenvalue weighted by atomic mass is 9.72. The van der Waals surface area contributed by atoms with E-state index in [0.717, 1.165) is 35.5 Å². The minimum absolute atomic E-state index is 0.177. The first-order chi connectivity index (χ1) is 13.9. The van der Waals surface area contributed by atoms with E-state index in [1.54, 1.807) is 6.92 Å². The maximum atomic E-state index is 12.1. The van der Waals surface area contributed by atoms with E-state index < -0.39 is 12.1 Å². The number of phenolic OH excluding ortho intramolecular Hbond substituents is 1.